The predicted molar refractivity (Wildman–Crippen MR) is 95.5 cm³/mol. The van der Waals surface area contributed by atoms with Gasteiger partial charge in [-0.25, -0.2) is 8.78 Å². The van der Waals surface area contributed by atoms with Crippen molar-refractivity contribution in [2.24, 2.45) is 0 Å². The lowest BCUT2D eigenvalue weighted by Gasteiger charge is -2.32. The fourth-order valence-corrected chi connectivity index (χ4v) is 3.61. The van der Waals surface area contributed by atoms with Crippen molar-refractivity contribution in [3.63, 3.8) is 0 Å². The Morgan fingerprint density at radius 2 is 1.79 bits per heavy atom. The maximum atomic E-state index is 13.9. The van der Waals surface area contributed by atoms with E-state index in [1.807, 2.05) is 18.2 Å². The molecular weight excluding hydrogens is 370 g/mol. The Kier molecular flexibility index (Phi) is 5.40. The molecule has 28 heavy (non-hydrogen) atoms. The van der Waals surface area contributed by atoms with Crippen LogP contribution in [-0.2, 0) is 4.74 Å². The van der Waals surface area contributed by atoms with Crippen LogP contribution in [0.5, 0.6) is 11.5 Å². The van der Waals surface area contributed by atoms with Crippen LogP contribution in [0, 0.1) is 11.6 Å². The monoisotopic (exact) mass is 391 g/mol. The van der Waals surface area contributed by atoms with Crippen molar-refractivity contribution >= 4 is 5.91 Å². The fourth-order valence-electron chi connectivity index (χ4n) is 3.61. The Morgan fingerprint density at radius 3 is 2.54 bits per heavy atom. The van der Waals surface area contributed by atoms with Gasteiger partial charge in [-0.2, -0.15) is 0 Å². The molecule has 148 valence electrons. The Morgan fingerprint density at radius 1 is 1.07 bits per heavy atom. The number of hydrogen-bond donors (Lipinski definition) is 2. The van der Waals surface area contributed by atoms with Crippen molar-refractivity contribution in [3.05, 3.63) is 59.2 Å². The van der Waals surface area contributed by atoms with E-state index < -0.39 is 23.1 Å². The van der Waals surface area contributed by atoms with Crippen LogP contribution in [0.3, 0.4) is 0 Å². The highest BCUT2D eigenvalue weighted by Gasteiger charge is 2.29. The van der Waals surface area contributed by atoms with Gasteiger partial charge in [0.2, 0.25) is 6.79 Å². The van der Waals surface area contributed by atoms with Crippen molar-refractivity contribution in [3.8, 4) is 11.5 Å². The molecule has 4 rings (SSSR count). The van der Waals surface area contributed by atoms with Gasteiger partial charge in [0, 0.05) is 5.56 Å². The third kappa shape index (κ3) is 3.79. The number of hydrogen-bond acceptors (Lipinski definition) is 4. The van der Waals surface area contributed by atoms with Crippen LogP contribution in [0.2, 0.25) is 0 Å². The fraction of sp³-hybridized carbons (Fsp3) is 0.350. The van der Waals surface area contributed by atoms with Gasteiger partial charge in [0.1, 0.15) is 36.3 Å². The van der Waals surface area contributed by atoms with E-state index in [4.69, 9.17) is 14.2 Å². The molecule has 1 fully saturated rings. The highest BCUT2D eigenvalue weighted by Crippen LogP contribution is 2.33. The van der Waals surface area contributed by atoms with Crippen LogP contribution in [0.25, 0.3) is 0 Å². The van der Waals surface area contributed by atoms with Gasteiger partial charge >= 0.3 is 0 Å². The Balaban J connectivity index is 1.55. The van der Waals surface area contributed by atoms with Crippen molar-refractivity contribution in [2.45, 2.75) is 6.04 Å². The number of benzene rings is 2. The molecule has 1 amide bonds. The Bertz CT molecular complexity index is 851. The van der Waals surface area contributed by atoms with Gasteiger partial charge in [-0.05, 0) is 30.3 Å². The van der Waals surface area contributed by atoms with E-state index in [-0.39, 0.29) is 19.4 Å². The molecule has 0 radical (unpaired) electrons. The van der Waals surface area contributed by atoms with Crippen LogP contribution in [-0.4, -0.2) is 45.5 Å². The Labute approximate surface area is 161 Å². The molecule has 0 aliphatic carbocycles. The van der Waals surface area contributed by atoms with E-state index >= 15 is 0 Å². The molecule has 0 spiro atoms. The molecule has 0 aromatic heterocycles. The van der Waals surface area contributed by atoms with Crippen LogP contribution in [0.15, 0.2) is 36.4 Å². The van der Waals surface area contributed by atoms with Gasteiger partial charge in [0.15, 0.2) is 11.5 Å². The number of carbonyl (C=O) groups excluding carboxylic acids is 1. The number of quaternary nitrogens is 1. The van der Waals surface area contributed by atoms with E-state index in [9.17, 15) is 13.6 Å². The van der Waals surface area contributed by atoms with Crippen LogP contribution >= 0.6 is 0 Å². The van der Waals surface area contributed by atoms with Gasteiger partial charge in [-0.15, -0.1) is 0 Å². The second-order valence-corrected chi connectivity index (χ2v) is 6.74. The van der Waals surface area contributed by atoms with E-state index in [0.29, 0.717) is 24.7 Å². The van der Waals surface area contributed by atoms with E-state index in [1.54, 1.807) is 0 Å². The molecule has 2 heterocycles. The summed E-state index contributed by atoms with van der Waals surface area (Å²) in [6, 6.07) is 8.91. The first-order valence-electron chi connectivity index (χ1n) is 9.17. The number of rotatable bonds is 5. The lowest BCUT2D eigenvalue weighted by atomic mass is 10.0. The summed E-state index contributed by atoms with van der Waals surface area (Å²) < 4.78 is 44.1. The topological polar surface area (TPSA) is 61.2 Å². The number of nitrogens with one attached hydrogen (secondary N) is 2. The van der Waals surface area contributed by atoms with Crippen LogP contribution in [0.4, 0.5) is 8.78 Å². The first kappa shape index (κ1) is 18.6. The third-order valence-corrected chi connectivity index (χ3v) is 5.08. The summed E-state index contributed by atoms with van der Waals surface area (Å²) in [4.78, 5) is 13.6. The highest BCUT2D eigenvalue weighted by molar-refractivity contribution is 5.94. The molecule has 6 nitrogen and oxygen atoms in total. The number of amides is 1. The molecule has 2 N–H and O–H groups in total. The molecule has 1 saturated heterocycles. The third-order valence-electron chi connectivity index (χ3n) is 5.08. The first-order valence-corrected chi connectivity index (χ1v) is 9.17. The summed E-state index contributed by atoms with van der Waals surface area (Å²) in [7, 11) is 0. The quantitative estimate of drug-likeness (QED) is 0.801. The molecule has 0 saturated carbocycles. The molecular formula is C20H21F2N2O4+. The van der Waals surface area contributed by atoms with Crippen molar-refractivity contribution in [1.29, 1.82) is 0 Å². The molecule has 2 aliphatic heterocycles. The van der Waals surface area contributed by atoms with Crippen LogP contribution < -0.4 is 19.7 Å². The molecule has 2 aromatic rings. The SMILES string of the molecule is O=C(NC[C@H](c1ccc2c(c1)OCO2)[NH+]1CCOCC1)c1c(F)cccc1F. The number of halogens is 2. The molecule has 1 atom stereocenters. The van der Waals surface area contributed by atoms with Crippen LogP contribution in [0.1, 0.15) is 22.0 Å². The average Bonchev–Trinajstić information content (AvgIpc) is 3.17. The number of morpholine rings is 1. The number of fused-ring (bicyclic) bond motifs is 1. The van der Waals surface area contributed by atoms with E-state index in [0.717, 1.165) is 30.8 Å². The standard InChI is InChI=1S/C20H20F2N2O4/c21-14-2-1-3-15(22)19(14)20(25)23-11-16(24-6-8-26-9-7-24)13-4-5-17-18(10-13)28-12-27-17/h1-5,10,16H,6-9,11-12H2,(H,23,25)/p+1/t16-/m1/s1. The van der Waals surface area contributed by atoms with Gasteiger partial charge in [0.25, 0.3) is 5.91 Å². The predicted octanol–water partition coefficient (Wildman–Crippen LogP) is 1.08. The zero-order valence-electron chi connectivity index (χ0n) is 15.2. The highest BCUT2D eigenvalue weighted by atomic mass is 19.1. The minimum Gasteiger partial charge on any atom is -0.454 e. The summed E-state index contributed by atoms with van der Waals surface area (Å²) >= 11 is 0. The molecule has 2 aromatic carbocycles. The van der Waals surface area contributed by atoms with E-state index in [1.165, 1.54) is 11.0 Å². The number of ether oxygens (including phenoxy) is 3. The van der Waals surface area contributed by atoms with Crippen molar-refractivity contribution in [2.75, 3.05) is 39.6 Å². The summed E-state index contributed by atoms with van der Waals surface area (Å²) in [6.45, 7) is 3.17. The lowest BCUT2D eigenvalue weighted by Crippen LogP contribution is -3.15. The zero-order chi connectivity index (χ0) is 19.5. The van der Waals surface area contributed by atoms with Gasteiger partial charge < -0.3 is 24.4 Å². The maximum absolute atomic E-state index is 13.9. The summed E-state index contributed by atoms with van der Waals surface area (Å²) in [5.74, 6) is -1.20. The smallest absolute Gasteiger partial charge is 0.257 e. The van der Waals surface area contributed by atoms with Gasteiger partial charge in [0.05, 0.1) is 19.8 Å². The first-order chi connectivity index (χ1) is 13.6. The van der Waals surface area contributed by atoms with Gasteiger partial charge in [-0.1, -0.05) is 6.07 Å². The zero-order valence-corrected chi connectivity index (χ0v) is 15.2. The van der Waals surface area contributed by atoms with E-state index in [2.05, 4.69) is 5.32 Å². The minimum absolute atomic E-state index is 0.114. The lowest BCUT2D eigenvalue weighted by molar-refractivity contribution is -0.937. The summed E-state index contributed by atoms with van der Waals surface area (Å²) in [5.41, 5.74) is 0.388. The van der Waals surface area contributed by atoms with Crippen molar-refractivity contribution < 1.29 is 32.7 Å². The summed E-state index contributed by atoms with van der Waals surface area (Å²) in [6.07, 6.45) is 0. The number of carbonyl (C=O) groups is 1. The normalized spacial score (nSPS) is 17.4. The second-order valence-electron chi connectivity index (χ2n) is 6.74. The Hall–Kier alpha value is -2.71. The molecule has 8 heteroatoms. The van der Waals surface area contributed by atoms with Gasteiger partial charge in [-0.3, -0.25) is 4.79 Å². The molecule has 2 aliphatic rings. The van der Waals surface area contributed by atoms with Crippen molar-refractivity contribution in [1.82, 2.24) is 5.32 Å². The summed E-state index contributed by atoms with van der Waals surface area (Å²) in [5, 5.41) is 2.69. The average molecular weight is 391 g/mol. The molecule has 0 bridgehead atoms. The minimum atomic E-state index is -0.879. The second kappa shape index (κ2) is 8.12. The maximum Gasteiger partial charge on any atom is 0.257 e. The molecule has 0 unspecified atom stereocenters. The largest absolute Gasteiger partial charge is 0.454 e.